The third kappa shape index (κ3) is 4.62. The molecule has 1 aromatic heterocycles. The second kappa shape index (κ2) is 8.89. The van der Waals surface area contributed by atoms with Crippen molar-refractivity contribution < 1.29 is 22.5 Å². The van der Waals surface area contributed by atoms with Gasteiger partial charge in [0, 0.05) is 24.1 Å². The zero-order valence-corrected chi connectivity index (χ0v) is 19.0. The van der Waals surface area contributed by atoms with Crippen molar-refractivity contribution in [2.45, 2.75) is 38.3 Å². The average molecular weight is 477 g/mol. The van der Waals surface area contributed by atoms with Gasteiger partial charge >= 0.3 is 0 Å². The fourth-order valence-corrected chi connectivity index (χ4v) is 4.68. The number of nitrogens with one attached hydrogen (secondary N) is 1. The van der Waals surface area contributed by atoms with Crippen LogP contribution in [-0.4, -0.2) is 31.1 Å². The van der Waals surface area contributed by atoms with Crippen LogP contribution in [0.4, 0.5) is 5.69 Å². The lowest BCUT2D eigenvalue weighted by Gasteiger charge is -2.29. The Kier molecular flexibility index (Phi) is 6.18. The second-order valence-corrected chi connectivity index (χ2v) is 9.43. The first-order valence-corrected chi connectivity index (χ1v) is 11.8. The summed E-state index contributed by atoms with van der Waals surface area (Å²) in [6.45, 7) is 3.54. The number of aryl methyl sites for hydroxylation is 2. The standard InChI is InChI=1S/C21H21ClN4O5S/c1-3-20-24-19(25-31-20)11-26-16-8-13(2)18(9-17(16)30-12-21(26)27)32(28,29)23-10-14-4-6-15(22)7-5-14/h4-9,23H,3,10-12H2,1-2H3. The van der Waals surface area contributed by atoms with E-state index in [2.05, 4.69) is 14.9 Å². The molecule has 1 amide bonds. The van der Waals surface area contributed by atoms with Crippen LogP contribution in [0.5, 0.6) is 5.75 Å². The Morgan fingerprint density at radius 2 is 1.97 bits per heavy atom. The smallest absolute Gasteiger partial charge is 0.265 e. The number of carbonyl (C=O) groups excluding carboxylic acids is 1. The van der Waals surface area contributed by atoms with Crippen LogP contribution in [0.25, 0.3) is 0 Å². The predicted octanol–water partition coefficient (Wildman–Crippen LogP) is 3.00. The van der Waals surface area contributed by atoms with Crippen LogP contribution in [0.3, 0.4) is 0 Å². The number of fused-ring (bicyclic) bond motifs is 1. The summed E-state index contributed by atoms with van der Waals surface area (Å²) in [6.07, 6.45) is 0.587. The minimum absolute atomic E-state index is 0.0762. The maximum Gasteiger partial charge on any atom is 0.265 e. The lowest BCUT2D eigenvalue weighted by Crippen LogP contribution is -2.38. The van der Waals surface area contributed by atoms with Crippen LogP contribution in [0.2, 0.25) is 5.02 Å². The van der Waals surface area contributed by atoms with Gasteiger partial charge in [0.25, 0.3) is 5.91 Å². The van der Waals surface area contributed by atoms with Gasteiger partial charge in [0.05, 0.1) is 17.1 Å². The Morgan fingerprint density at radius 1 is 1.22 bits per heavy atom. The number of anilines is 1. The fourth-order valence-electron chi connectivity index (χ4n) is 3.29. The van der Waals surface area contributed by atoms with E-state index < -0.39 is 10.0 Å². The molecule has 0 spiro atoms. The normalized spacial score (nSPS) is 13.7. The molecule has 2 aromatic carbocycles. The number of aromatic nitrogens is 2. The summed E-state index contributed by atoms with van der Waals surface area (Å²) in [7, 11) is -3.83. The highest BCUT2D eigenvalue weighted by molar-refractivity contribution is 7.89. The maximum atomic E-state index is 12.9. The van der Waals surface area contributed by atoms with Gasteiger partial charge in [-0.2, -0.15) is 4.98 Å². The summed E-state index contributed by atoms with van der Waals surface area (Å²) in [5, 5.41) is 4.47. The fraction of sp³-hybridized carbons (Fsp3) is 0.286. The van der Waals surface area contributed by atoms with E-state index in [1.165, 1.54) is 11.0 Å². The first kappa shape index (κ1) is 22.3. The molecule has 4 rings (SSSR count). The number of sulfonamides is 1. The minimum Gasteiger partial charge on any atom is -0.482 e. The van der Waals surface area contributed by atoms with Crippen LogP contribution in [0.1, 0.15) is 29.8 Å². The third-order valence-corrected chi connectivity index (χ3v) is 6.78. The quantitative estimate of drug-likeness (QED) is 0.557. The molecule has 3 aromatic rings. The van der Waals surface area contributed by atoms with Gasteiger partial charge in [-0.25, -0.2) is 13.1 Å². The van der Waals surface area contributed by atoms with Gasteiger partial charge in [-0.3, -0.25) is 9.69 Å². The van der Waals surface area contributed by atoms with Crippen molar-refractivity contribution in [1.82, 2.24) is 14.9 Å². The minimum atomic E-state index is -3.83. The first-order chi connectivity index (χ1) is 15.3. The molecule has 0 aliphatic carbocycles. The number of halogens is 1. The summed E-state index contributed by atoms with van der Waals surface area (Å²) in [6, 6.07) is 9.94. The monoisotopic (exact) mass is 476 g/mol. The van der Waals surface area contributed by atoms with Gasteiger partial charge in [0.1, 0.15) is 5.75 Å². The van der Waals surface area contributed by atoms with E-state index in [-0.39, 0.29) is 30.5 Å². The lowest BCUT2D eigenvalue weighted by molar-refractivity contribution is -0.121. The van der Waals surface area contributed by atoms with Gasteiger partial charge < -0.3 is 9.26 Å². The predicted molar refractivity (Wildman–Crippen MR) is 117 cm³/mol. The van der Waals surface area contributed by atoms with Gasteiger partial charge in [0.15, 0.2) is 12.4 Å². The summed E-state index contributed by atoms with van der Waals surface area (Å²) in [5.41, 5.74) is 1.70. The number of rotatable bonds is 7. The largest absolute Gasteiger partial charge is 0.482 e. The van der Waals surface area contributed by atoms with Crippen LogP contribution in [-0.2, 0) is 34.3 Å². The highest BCUT2D eigenvalue weighted by Gasteiger charge is 2.30. The van der Waals surface area contributed by atoms with Gasteiger partial charge in [-0.05, 0) is 36.2 Å². The number of benzene rings is 2. The first-order valence-electron chi connectivity index (χ1n) is 9.90. The molecule has 168 valence electrons. The molecule has 0 unspecified atom stereocenters. The van der Waals surface area contributed by atoms with Crippen molar-refractivity contribution >= 4 is 33.2 Å². The van der Waals surface area contributed by atoms with Gasteiger partial charge in [-0.1, -0.05) is 35.8 Å². The van der Waals surface area contributed by atoms with Gasteiger partial charge in [-0.15, -0.1) is 0 Å². The van der Waals surface area contributed by atoms with Crippen molar-refractivity contribution in [3.8, 4) is 5.75 Å². The molecule has 0 saturated carbocycles. The van der Waals surface area contributed by atoms with Crippen LogP contribution in [0.15, 0.2) is 45.8 Å². The molecule has 0 atom stereocenters. The Labute approximate surface area is 190 Å². The number of amides is 1. The van der Waals surface area contributed by atoms with E-state index >= 15 is 0 Å². The van der Waals surface area contributed by atoms with Crippen LogP contribution >= 0.6 is 11.6 Å². The van der Waals surface area contributed by atoms with E-state index in [9.17, 15) is 13.2 Å². The van der Waals surface area contributed by atoms with Crippen molar-refractivity contribution in [3.63, 3.8) is 0 Å². The van der Waals surface area contributed by atoms with E-state index in [0.29, 0.717) is 40.2 Å². The number of hydrogen-bond donors (Lipinski definition) is 1. The summed E-state index contributed by atoms with van der Waals surface area (Å²) in [4.78, 5) is 18.3. The van der Waals surface area contributed by atoms with Crippen LogP contribution in [0, 0.1) is 6.92 Å². The molecule has 11 heteroatoms. The van der Waals surface area contributed by atoms with Crippen molar-refractivity contribution in [3.05, 3.63) is 64.3 Å². The SMILES string of the molecule is CCc1nc(CN2C(=O)COc3cc(S(=O)(=O)NCc4ccc(Cl)cc4)c(C)cc32)no1. The molecule has 0 fully saturated rings. The molecule has 1 aliphatic heterocycles. The van der Waals surface area contributed by atoms with Crippen LogP contribution < -0.4 is 14.4 Å². The number of hydrogen-bond acceptors (Lipinski definition) is 7. The molecule has 9 nitrogen and oxygen atoms in total. The summed E-state index contributed by atoms with van der Waals surface area (Å²) in [5.74, 6) is 0.852. The molecular formula is C21H21ClN4O5S. The maximum absolute atomic E-state index is 12.9. The van der Waals surface area contributed by atoms with E-state index in [4.69, 9.17) is 20.9 Å². The number of ether oxygens (including phenoxy) is 1. The Morgan fingerprint density at radius 3 is 2.66 bits per heavy atom. The van der Waals surface area contributed by atoms with Gasteiger partial charge in [0.2, 0.25) is 15.9 Å². The Hall–Kier alpha value is -2.95. The number of carbonyl (C=O) groups is 1. The molecule has 32 heavy (non-hydrogen) atoms. The van der Waals surface area contributed by atoms with E-state index in [1.807, 2.05) is 6.92 Å². The average Bonchev–Trinajstić information content (AvgIpc) is 3.23. The highest BCUT2D eigenvalue weighted by atomic mass is 35.5. The second-order valence-electron chi connectivity index (χ2n) is 7.26. The third-order valence-electron chi connectivity index (χ3n) is 4.98. The van der Waals surface area contributed by atoms with E-state index in [0.717, 1.165) is 5.56 Å². The highest BCUT2D eigenvalue weighted by Crippen LogP contribution is 2.37. The zero-order valence-electron chi connectivity index (χ0n) is 17.5. The molecule has 1 N–H and O–H groups in total. The molecule has 0 saturated heterocycles. The topological polar surface area (TPSA) is 115 Å². The summed E-state index contributed by atoms with van der Waals surface area (Å²) >= 11 is 5.87. The van der Waals surface area contributed by atoms with Crippen molar-refractivity contribution in [1.29, 1.82) is 0 Å². The molecular weight excluding hydrogens is 456 g/mol. The molecule has 0 bridgehead atoms. The Balaban J connectivity index is 1.59. The van der Waals surface area contributed by atoms with E-state index in [1.54, 1.807) is 37.3 Å². The Bertz CT molecular complexity index is 1260. The number of nitrogens with zero attached hydrogens (tertiary/aromatic N) is 3. The molecule has 0 radical (unpaired) electrons. The van der Waals surface area contributed by atoms with Crippen molar-refractivity contribution in [2.24, 2.45) is 0 Å². The molecule has 2 heterocycles. The zero-order chi connectivity index (χ0) is 22.9. The lowest BCUT2D eigenvalue weighted by atomic mass is 10.1. The summed E-state index contributed by atoms with van der Waals surface area (Å²) < 4.78 is 39.1. The van der Waals surface area contributed by atoms with Crippen molar-refractivity contribution in [2.75, 3.05) is 11.5 Å². The molecule has 1 aliphatic rings.